The monoisotopic (exact) mass is 431 g/mol. The molecule has 0 bridgehead atoms. The van der Waals surface area contributed by atoms with Gasteiger partial charge in [-0.1, -0.05) is 0 Å². The van der Waals surface area contributed by atoms with Gasteiger partial charge >= 0.3 is 5.97 Å². The molecule has 0 aromatic heterocycles. The number of carbonyl (C=O) groups excluding carboxylic acids is 1. The minimum absolute atomic E-state index is 0.00644. The molecule has 3 aliphatic heterocycles. The van der Waals surface area contributed by atoms with Crippen LogP contribution in [0.4, 0.5) is 0 Å². The first-order chi connectivity index (χ1) is 14.6. The lowest BCUT2D eigenvalue weighted by atomic mass is 9.78. The Morgan fingerprint density at radius 3 is 2.55 bits per heavy atom. The van der Waals surface area contributed by atoms with E-state index in [0.717, 1.165) is 43.9 Å². The number of carbonyl (C=O) groups is 1. The molecule has 7 nitrogen and oxygen atoms in total. The summed E-state index contributed by atoms with van der Waals surface area (Å²) in [7, 11) is 1.65. The molecule has 0 unspecified atom stereocenters. The minimum atomic E-state index is -0.599. The molecule has 7 heteroatoms. The summed E-state index contributed by atoms with van der Waals surface area (Å²) in [6.07, 6.45) is 4.78. The van der Waals surface area contributed by atoms with Crippen LogP contribution in [0.25, 0.3) is 0 Å². The van der Waals surface area contributed by atoms with Gasteiger partial charge < -0.3 is 24.1 Å². The van der Waals surface area contributed by atoms with Crippen LogP contribution in [0.1, 0.15) is 57.6 Å². The number of methoxy groups -OCH3 is 1. The normalized spacial score (nSPS) is 28.4. The van der Waals surface area contributed by atoms with Crippen LogP contribution in [0.5, 0.6) is 11.5 Å². The van der Waals surface area contributed by atoms with Crippen molar-refractivity contribution in [3.8, 4) is 11.5 Å². The number of hydrogen-bond donors (Lipinski definition) is 1. The Hall–Kier alpha value is -2.25. The number of rotatable bonds is 1. The summed E-state index contributed by atoms with van der Waals surface area (Å²) in [5.41, 5.74) is 2.00. The molecule has 0 saturated carbocycles. The molecule has 1 saturated heterocycles. The number of hydrogen-bond acceptors (Lipinski definition) is 7. The molecule has 3 atom stereocenters. The number of nitrogens with zero attached hydrogens (tertiary/aromatic N) is 1. The Balaban J connectivity index is 0.000000250. The zero-order chi connectivity index (χ0) is 22.4. The number of aliphatic hydroxyl groups excluding tert-OH is 1. The molecule has 4 aliphatic rings. The Bertz CT molecular complexity index is 889. The van der Waals surface area contributed by atoms with E-state index >= 15 is 0 Å². The van der Waals surface area contributed by atoms with Crippen molar-refractivity contribution in [3.05, 3.63) is 35.1 Å². The second kappa shape index (κ2) is 8.02. The lowest BCUT2D eigenvalue weighted by molar-refractivity contribution is -0.151. The van der Waals surface area contributed by atoms with Gasteiger partial charge in [-0.05, 0) is 75.9 Å². The van der Waals surface area contributed by atoms with Crippen molar-refractivity contribution in [1.29, 1.82) is 0 Å². The van der Waals surface area contributed by atoms with E-state index in [-0.39, 0.29) is 29.8 Å². The molecule has 0 radical (unpaired) electrons. The lowest BCUT2D eigenvalue weighted by Gasteiger charge is -2.38. The van der Waals surface area contributed by atoms with Gasteiger partial charge in [0.1, 0.15) is 17.5 Å². The molecule has 3 heterocycles. The lowest BCUT2D eigenvalue weighted by Crippen LogP contribution is -2.46. The average Bonchev–Trinajstić information content (AvgIpc) is 3.34. The minimum Gasteiger partial charge on any atom is -0.499 e. The van der Waals surface area contributed by atoms with Crippen molar-refractivity contribution >= 4 is 5.97 Å². The first-order valence-electron chi connectivity index (χ1n) is 11.0. The second-order valence-corrected chi connectivity index (χ2v) is 9.62. The van der Waals surface area contributed by atoms with E-state index in [4.69, 9.17) is 18.9 Å². The van der Waals surface area contributed by atoms with Gasteiger partial charge in [0.15, 0.2) is 11.5 Å². The molecule has 1 N–H and O–H groups in total. The van der Waals surface area contributed by atoms with Gasteiger partial charge in [0.05, 0.1) is 12.6 Å². The van der Waals surface area contributed by atoms with Crippen molar-refractivity contribution in [3.63, 3.8) is 0 Å². The van der Waals surface area contributed by atoms with Crippen molar-refractivity contribution in [2.24, 2.45) is 0 Å². The van der Waals surface area contributed by atoms with Gasteiger partial charge in [-0.3, -0.25) is 9.69 Å². The fourth-order valence-electron chi connectivity index (χ4n) is 5.43. The standard InChI is InChI=1S/C18H21NO4.C6H12O2/c1-21-15-9-18-4-2-5-19(18)6-3-11-7-13-14(23-10-22-13)8-12(11)16(18)17(15)20;1-5(7)8-6(2,3)4/h7-9,16-17,20H,2-6,10H2,1H3;1-4H3/t16-,17-,18+;/m1./s1. The average molecular weight is 432 g/mol. The van der Waals surface area contributed by atoms with Gasteiger partial charge in [-0.2, -0.15) is 0 Å². The molecule has 1 aromatic rings. The Morgan fingerprint density at radius 1 is 1.23 bits per heavy atom. The van der Waals surface area contributed by atoms with E-state index in [2.05, 4.69) is 23.1 Å². The van der Waals surface area contributed by atoms with Crippen LogP contribution in [0, 0.1) is 0 Å². The summed E-state index contributed by atoms with van der Waals surface area (Å²) in [5, 5.41) is 11.0. The summed E-state index contributed by atoms with van der Waals surface area (Å²) in [6.45, 7) is 9.30. The quantitative estimate of drug-likeness (QED) is 0.685. The fraction of sp³-hybridized carbons (Fsp3) is 0.625. The van der Waals surface area contributed by atoms with E-state index in [0.29, 0.717) is 5.76 Å². The maximum atomic E-state index is 11.0. The summed E-state index contributed by atoms with van der Waals surface area (Å²) < 4.78 is 21.4. The number of aliphatic hydroxyl groups is 1. The van der Waals surface area contributed by atoms with Crippen molar-refractivity contribution in [2.75, 3.05) is 27.0 Å². The Labute approximate surface area is 183 Å². The largest absolute Gasteiger partial charge is 0.499 e. The van der Waals surface area contributed by atoms with Gasteiger partial charge in [0.2, 0.25) is 6.79 Å². The van der Waals surface area contributed by atoms with E-state index in [9.17, 15) is 9.90 Å². The summed E-state index contributed by atoms with van der Waals surface area (Å²) in [6, 6.07) is 4.19. The van der Waals surface area contributed by atoms with Crippen LogP contribution in [-0.4, -0.2) is 60.2 Å². The van der Waals surface area contributed by atoms with E-state index in [1.165, 1.54) is 18.1 Å². The maximum absolute atomic E-state index is 11.0. The predicted molar refractivity (Wildman–Crippen MR) is 115 cm³/mol. The molecule has 1 aliphatic carbocycles. The van der Waals surface area contributed by atoms with Crippen LogP contribution in [-0.2, 0) is 20.7 Å². The van der Waals surface area contributed by atoms with Crippen LogP contribution in [0.3, 0.4) is 0 Å². The van der Waals surface area contributed by atoms with Crippen molar-refractivity contribution in [1.82, 2.24) is 4.90 Å². The molecular formula is C24H33NO6. The molecule has 1 fully saturated rings. The SMILES string of the molecule is CC(=O)OC(C)(C)C.COC1=C[C@]23CCCN2CCc2cc4c(cc2[C@@H]3[C@@H]1O)OCO4. The van der Waals surface area contributed by atoms with Crippen LogP contribution < -0.4 is 9.47 Å². The fourth-order valence-corrected chi connectivity index (χ4v) is 5.43. The van der Waals surface area contributed by atoms with E-state index in [1.54, 1.807) is 7.11 Å². The second-order valence-electron chi connectivity index (χ2n) is 9.62. The Kier molecular flexibility index (Phi) is 5.68. The highest BCUT2D eigenvalue weighted by molar-refractivity contribution is 5.66. The van der Waals surface area contributed by atoms with E-state index < -0.39 is 6.10 Å². The van der Waals surface area contributed by atoms with Crippen LogP contribution >= 0.6 is 0 Å². The number of fused-ring (bicyclic) bond motifs is 3. The third-order valence-corrected chi connectivity index (χ3v) is 6.44. The molecule has 31 heavy (non-hydrogen) atoms. The van der Waals surface area contributed by atoms with Crippen LogP contribution in [0.2, 0.25) is 0 Å². The number of benzene rings is 1. The van der Waals surface area contributed by atoms with Gasteiger partial charge in [0.25, 0.3) is 0 Å². The predicted octanol–water partition coefficient (Wildman–Crippen LogP) is 3.14. The third-order valence-electron chi connectivity index (χ3n) is 6.44. The highest BCUT2D eigenvalue weighted by Gasteiger charge is 2.56. The summed E-state index contributed by atoms with van der Waals surface area (Å²) in [4.78, 5) is 12.8. The summed E-state index contributed by atoms with van der Waals surface area (Å²) >= 11 is 0. The first-order valence-corrected chi connectivity index (χ1v) is 11.0. The first kappa shape index (κ1) is 22.0. The van der Waals surface area contributed by atoms with Crippen molar-refractivity contribution in [2.45, 2.75) is 70.1 Å². The zero-order valence-corrected chi connectivity index (χ0v) is 19.1. The summed E-state index contributed by atoms with van der Waals surface area (Å²) in [5.74, 6) is 2.10. The van der Waals surface area contributed by atoms with E-state index in [1.807, 2.05) is 20.8 Å². The maximum Gasteiger partial charge on any atom is 0.303 e. The smallest absolute Gasteiger partial charge is 0.303 e. The zero-order valence-electron chi connectivity index (χ0n) is 19.1. The number of ether oxygens (including phenoxy) is 4. The highest BCUT2D eigenvalue weighted by atomic mass is 16.7. The molecular weight excluding hydrogens is 398 g/mol. The van der Waals surface area contributed by atoms with Gasteiger partial charge in [0, 0.05) is 19.4 Å². The molecule has 1 spiro atoms. The highest BCUT2D eigenvalue weighted by Crippen LogP contribution is 2.54. The molecule has 1 aromatic carbocycles. The van der Waals surface area contributed by atoms with Crippen LogP contribution in [0.15, 0.2) is 24.0 Å². The van der Waals surface area contributed by atoms with Gasteiger partial charge in [-0.25, -0.2) is 0 Å². The number of esters is 1. The van der Waals surface area contributed by atoms with Crippen molar-refractivity contribution < 1.29 is 28.8 Å². The van der Waals surface area contributed by atoms with Gasteiger partial charge in [-0.15, -0.1) is 0 Å². The molecule has 0 amide bonds. The molecule has 170 valence electrons. The third kappa shape index (κ3) is 4.01. The topological polar surface area (TPSA) is 77.5 Å². The Morgan fingerprint density at radius 2 is 1.94 bits per heavy atom. The molecule has 5 rings (SSSR count).